The molecule has 5 nitrogen and oxygen atoms in total. The van der Waals surface area contributed by atoms with Crippen molar-refractivity contribution >= 4 is 21.8 Å². The summed E-state index contributed by atoms with van der Waals surface area (Å²) in [6.07, 6.45) is 3.16. The summed E-state index contributed by atoms with van der Waals surface area (Å²) in [5, 5.41) is 0.223. The standard InChI is InChI=1S/C17H27ClFN3O2S/c1-14-7-11-22(12-8-14)10-4-9-20-25(23,24)21(2)13-15-16(18)5-3-6-17(15)19/h3,5-6,14,20H,4,7-13H2,1-2H3. The third kappa shape index (κ3) is 6.18. The summed E-state index contributed by atoms with van der Waals surface area (Å²) in [4.78, 5) is 2.37. The highest BCUT2D eigenvalue weighted by molar-refractivity contribution is 7.87. The topological polar surface area (TPSA) is 52.7 Å². The van der Waals surface area contributed by atoms with Crippen molar-refractivity contribution in [2.24, 2.45) is 5.92 Å². The lowest BCUT2D eigenvalue weighted by Gasteiger charge is -2.30. The van der Waals surface area contributed by atoms with Crippen molar-refractivity contribution in [1.82, 2.24) is 13.9 Å². The lowest BCUT2D eigenvalue weighted by atomic mass is 9.99. The molecule has 0 aromatic heterocycles. The molecular formula is C17H27ClFN3O2S. The van der Waals surface area contributed by atoms with E-state index < -0.39 is 16.0 Å². The van der Waals surface area contributed by atoms with E-state index in [0.29, 0.717) is 6.54 Å². The molecule has 1 aliphatic rings. The Morgan fingerprint density at radius 3 is 2.68 bits per heavy atom. The molecule has 8 heteroatoms. The molecule has 0 unspecified atom stereocenters. The van der Waals surface area contributed by atoms with E-state index in [-0.39, 0.29) is 17.1 Å². The number of hydrogen-bond donors (Lipinski definition) is 1. The molecule has 1 N–H and O–H groups in total. The maximum Gasteiger partial charge on any atom is 0.279 e. The van der Waals surface area contributed by atoms with Crippen molar-refractivity contribution < 1.29 is 12.8 Å². The van der Waals surface area contributed by atoms with Crippen molar-refractivity contribution in [1.29, 1.82) is 0 Å². The van der Waals surface area contributed by atoms with Crippen LogP contribution < -0.4 is 4.72 Å². The van der Waals surface area contributed by atoms with E-state index >= 15 is 0 Å². The van der Waals surface area contributed by atoms with Gasteiger partial charge in [-0.2, -0.15) is 12.7 Å². The van der Waals surface area contributed by atoms with Gasteiger partial charge in [0.05, 0.1) is 0 Å². The Balaban J connectivity index is 1.78. The van der Waals surface area contributed by atoms with Gasteiger partial charge in [0.2, 0.25) is 0 Å². The van der Waals surface area contributed by atoms with Crippen molar-refractivity contribution in [2.45, 2.75) is 32.7 Å². The normalized spacial score (nSPS) is 17.3. The molecule has 0 aliphatic carbocycles. The lowest BCUT2D eigenvalue weighted by molar-refractivity contribution is 0.191. The highest BCUT2D eigenvalue weighted by atomic mass is 35.5. The van der Waals surface area contributed by atoms with Crippen LogP contribution in [0.2, 0.25) is 5.02 Å². The fourth-order valence-electron chi connectivity index (χ4n) is 2.89. The van der Waals surface area contributed by atoms with Gasteiger partial charge in [0.25, 0.3) is 10.2 Å². The second kappa shape index (κ2) is 9.28. The number of halogens is 2. The van der Waals surface area contributed by atoms with Crippen molar-refractivity contribution in [2.75, 3.05) is 33.2 Å². The number of benzene rings is 1. The van der Waals surface area contributed by atoms with Gasteiger partial charge in [-0.25, -0.2) is 9.11 Å². The zero-order valence-electron chi connectivity index (χ0n) is 14.8. The van der Waals surface area contributed by atoms with Crippen LogP contribution in [0.25, 0.3) is 0 Å². The van der Waals surface area contributed by atoms with Crippen LogP contribution in [0.15, 0.2) is 18.2 Å². The molecule has 0 radical (unpaired) electrons. The van der Waals surface area contributed by atoms with Gasteiger partial charge in [-0.15, -0.1) is 0 Å². The van der Waals surface area contributed by atoms with E-state index in [9.17, 15) is 12.8 Å². The maximum absolute atomic E-state index is 13.8. The Bertz CT molecular complexity index is 644. The average molecular weight is 392 g/mol. The van der Waals surface area contributed by atoms with Crippen LogP contribution in [0.5, 0.6) is 0 Å². The van der Waals surface area contributed by atoms with Gasteiger partial charge >= 0.3 is 0 Å². The highest BCUT2D eigenvalue weighted by Gasteiger charge is 2.20. The molecule has 25 heavy (non-hydrogen) atoms. The molecular weight excluding hydrogens is 365 g/mol. The van der Waals surface area contributed by atoms with Crippen LogP contribution in [0.3, 0.4) is 0 Å². The van der Waals surface area contributed by atoms with Crippen molar-refractivity contribution in [3.63, 3.8) is 0 Å². The number of hydrogen-bond acceptors (Lipinski definition) is 3. The summed E-state index contributed by atoms with van der Waals surface area (Å²) in [7, 11) is -2.25. The molecule has 1 saturated heterocycles. The number of nitrogens with one attached hydrogen (secondary N) is 1. The summed E-state index contributed by atoms with van der Waals surface area (Å²) >= 11 is 5.96. The van der Waals surface area contributed by atoms with Crippen molar-refractivity contribution in [3.8, 4) is 0 Å². The van der Waals surface area contributed by atoms with Crippen LogP contribution in [0, 0.1) is 11.7 Å². The van der Waals surface area contributed by atoms with E-state index in [0.717, 1.165) is 36.3 Å². The molecule has 0 amide bonds. The fraction of sp³-hybridized carbons (Fsp3) is 0.647. The van der Waals surface area contributed by atoms with Crippen LogP contribution >= 0.6 is 11.6 Å². The van der Waals surface area contributed by atoms with Crippen molar-refractivity contribution in [3.05, 3.63) is 34.6 Å². The van der Waals surface area contributed by atoms with E-state index in [1.807, 2.05) is 0 Å². The van der Waals surface area contributed by atoms with E-state index in [1.54, 1.807) is 6.07 Å². The Morgan fingerprint density at radius 2 is 2.04 bits per heavy atom. The van der Waals surface area contributed by atoms with Crippen LogP contribution in [0.4, 0.5) is 4.39 Å². The molecule has 1 aromatic rings. The smallest absolute Gasteiger partial charge is 0.279 e. The molecule has 0 saturated carbocycles. The minimum Gasteiger partial charge on any atom is -0.303 e. The number of piperidine rings is 1. The van der Waals surface area contributed by atoms with Gasteiger partial charge in [0.15, 0.2) is 0 Å². The second-order valence-electron chi connectivity index (χ2n) is 6.73. The summed E-state index contributed by atoms with van der Waals surface area (Å²) in [5.74, 6) is 0.280. The largest absolute Gasteiger partial charge is 0.303 e. The van der Waals surface area contributed by atoms with Gasteiger partial charge in [-0.3, -0.25) is 0 Å². The fourth-order valence-corrected chi connectivity index (χ4v) is 4.04. The third-order valence-corrected chi connectivity index (χ3v) is 6.54. The second-order valence-corrected chi connectivity index (χ2v) is 9.00. The molecule has 1 fully saturated rings. The Morgan fingerprint density at radius 1 is 1.36 bits per heavy atom. The summed E-state index contributed by atoms with van der Waals surface area (Å²) in [6.45, 7) is 5.58. The van der Waals surface area contributed by atoms with Gasteiger partial charge in [0.1, 0.15) is 5.82 Å². The zero-order chi connectivity index (χ0) is 18.4. The SMILES string of the molecule is CC1CCN(CCCNS(=O)(=O)N(C)Cc2c(F)cccc2Cl)CC1. The summed E-state index contributed by atoms with van der Waals surface area (Å²) < 4.78 is 42.0. The summed E-state index contributed by atoms with van der Waals surface area (Å²) in [5.41, 5.74) is 0.180. The summed E-state index contributed by atoms with van der Waals surface area (Å²) in [6, 6.07) is 4.32. The molecule has 1 heterocycles. The van der Waals surface area contributed by atoms with E-state index in [4.69, 9.17) is 11.6 Å². The number of likely N-dealkylation sites (tertiary alicyclic amines) is 1. The van der Waals surface area contributed by atoms with Crippen LogP contribution in [-0.2, 0) is 16.8 Å². The molecule has 142 valence electrons. The number of nitrogens with zero attached hydrogens (tertiary/aromatic N) is 2. The average Bonchev–Trinajstić information content (AvgIpc) is 2.56. The quantitative estimate of drug-likeness (QED) is 0.693. The first kappa shape index (κ1) is 20.6. The number of rotatable bonds is 8. The first-order chi connectivity index (χ1) is 11.8. The molecule has 2 rings (SSSR count). The van der Waals surface area contributed by atoms with Crippen LogP contribution in [0.1, 0.15) is 31.7 Å². The maximum atomic E-state index is 13.8. The van der Waals surface area contributed by atoms with E-state index in [1.165, 1.54) is 32.0 Å². The predicted octanol–water partition coefficient (Wildman–Crippen LogP) is 2.87. The van der Waals surface area contributed by atoms with Gasteiger partial charge < -0.3 is 4.90 Å². The Kier molecular flexibility index (Phi) is 7.64. The zero-order valence-corrected chi connectivity index (χ0v) is 16.4. The third-order valence-electron chi connectivity index (χ3n) is 4.66. The predicted molar refractivity (Wildman–Crippen MR) is 99.3 cm³/mol. The lowest BCUT2D eigenvalue weighted by Crippen LogP contribution is -2.40. The minimum absolute atomic E-state index is 0.106. The Hall–Kier alpha value is -0.730. The minimum atomic E-state index is -3.66. The Labute approximate surface area is 155 Å². The molecule has 1 aromatic carbocycles. The highest BCUT2D eigenvalue weighted by Crippen LogP contribution is 2.21. The molecule has 0 bridgehead atoms. The monoisotopic (exact) mass is 391 g/mol. The first-order valence-electron chi connectivity index (χ1n) is 8.66. The van der Waals surface area contributed by atoms with Gasteiger partial charge in [-0.1, -0.05) is 24.6 Å². The first-order valence-corrected chi connectivity index (χ1v) is 10.5. The molecule has 0 atom stereocenters. The van der Waals surface area contributed by atoms with Crippen LogP contribution in [-0.4, -0.2) is 50.8 Å². The van der Waals surface area contributed by atoms with E-state index in [2.05, 4.69) is 16.5 Å². The molecule has 0 spiro atoms. The van der Waals surface area contributed by atoms with Gasteiger partial charge in [0, 0.05) is 30.7 Å². The molecule has 1 aliphatic heterocycles. The van der Waals surface area contributed by atoms with Gasteiger partial charge in [-0.05, 0) is 56.9 Å².